The van der Waals surface area contributed by atoms with E-state index in [-0.39, 0.29) is 0 Å². The van der Waals surface area contributed by atoms with Gasteiger partial charge in [-0.05, 0) is 62.3 Å². The van der Waals surface area contributed by atoms with Gasteiger partial charge in [0.15, 0.2) is 5.82 Å². The number of nitrogen functional groups attached to an aromatic ring is 1. The number of fused-ring (bicyclic) bond motifs is 3. The van der Waals surface area contributed by atoms with Crippen LogP contribution in [0.5, 0.6) is 0 Å². The van der Waals surface area contributed by atoms with E-state index in [1.54, 1.807) is 0 Å². The highest BCUT2D eigenvalue weighted by Gasteiger charge is 2.42. The molecule has 0 fully saturated rings. The Labute approximate surface area is 163 Å². The van der Waals surface area contributed by atoms with Crippen LogP contribution >= 0.6 is 11.8 Å². The van der Waals surface area contributed by atoms with Gasteiger partial charge in [0.1, 0.15) is 9.60 Å². The van der Waals surface area contributed by atoms with E-state index < -0.39 is 14.1 Å². The first-order chi connectivity index (χ1) is 12.9. The zero-order chi connectivity index (χ0) is 19.1. The van der Waals surface area contributed by atoms with Gasteiger partial charge in [-0.25, -0.2) is 23.5 Å². The fourth-order valence-electron chi connectivity index (χ4n) is 4.13. The predicted molar refractivity (Wildman–Crippen MR) is 110 cm³/mol. The van der Waals surface area contributed by atoms with Crippen molar-refractivity contribution in [2.75, 3.05) is 5.73 Å². The van der Waals surface area contributed by atoms with E-state index in [0.717, 1.165) is 55.4 Å². The first-order valence-corrected chi connectivity index (χ1v) is 11.8. The Morgan fingerprint density at radius 2 is 2.07 bits per heavy atom. The number of anilines is 1. The highest BCUT2D eigenvalue weighted by Crippen LogP contribution is 2.43. The maximum Gasteiger partial charge on any atom is 0.224 e. The van der Waals surface area contributed by atoms with Crippen molar-refractivity contribution in [3.05, 3.63) is 29.1 Å². The third-order valence-corrected chi connectivity index (χ3v) is 9.12. The average molecular weight is 408 g/mol. The minimum atomic E-state index is -3.59. The van der Waals surface area contributed by atoms with Crippen molar-refractivity contribution in [2.45, 2.75) is 62.0 Å². The number of nitrogens with zero attached hydrogens (tertiary/aromatic N) is 3. The van der Waals surface area contributed by atoms with Crippen molar-refractivity contribution >= 4 is 38.6 Å². The topological polar surface area (TPSA) is 117 Å². The van der Waals surface area contributed by atoms with Gasteiger partial charge in [-0.15, -0.1) is 11.8 Å². The molecule has 0 saturated heterocycles. The summed E-state index contributed by atoms with van der Waals surface area (Å²) in [5.74, 6) is 0.506. The normalized spacial score (nSPS) is 22.4. The van der Waals surface area contributed by atoms with Crippen molar-refractivity contribution in [3.63, 3.8) is 0 Å². The number of sulfonamides is 1. The lowest BCUT2D eigenvalue weighted by Crippen LogP contribution is -2.38. The maximum absolute atomic E-state index is 12.0. The quantitative estimate of drug-likeness (QED) is 0.711. The molecule has 2 aliphatic rings. The molecule has 0 radical (unpaired) electrons. The van der Waals surface area contributed by atoms with E-state index in [2.05, 4.69) is 14.5 Å². The molecule has 4 N–H and O–H groups in total. The zero-order valence-electron chi connectivity index (χ0n) is 15.2. The predicted octanol–water partition coefficient (Wildman–Crippen LogP) is 2.70. The number of primary sulfonamides is 1. The molecule has 27 heavy (non-hydrogen) atoms. The summed E-state index contributed by atoms with van der Waals surface area (Å²) in [6.45, 7) is 0.783. The van der Waals surface area contributed by atoms with Crippen molar-refractivity contribution in [1.82, 2.24) is 14.5 Å². The fourth-order valence-corrected chi connectivity index (χ4v) is 6.49. The minimum Gasteiger partial charge on any atom is -0.382 e. The number of imidazole rings is 1. The fraction of sp³-hybridized carbons (Fsp3) is 0.556. The van der Waals surface area contributed by atoms with Crippen LogP contribution in [0.15, 0.2) is 17.8 Å². The number of pyridine rings is 1. The second kappa shape index (κ2) is 7.10. The number of hydrogen-bond donors (Lipinski definition) is 2. The molecule has 0 aromatic carbocycles. The Morgan fingerprint density at radius 1 is 1.26 bits per heavy atom. The van der Waals surface area contributed by atoms with Crippen LogP contribution in [0.1, 0.15) is 49.8 Å². The molecule has 0 amide bonds. The molecule has 2 aromatic heterocycles. The smallest absolute Gasteiger partial charge is 0.224 e. The van der Waals surface area contributed by atoms with Gasteiger partial charge in [-0.1, -0.05) is 6.08 Å². The van der Waals surface area contributed by atoms with Gasteiger partial charge < -0.3 is 10.3 Å². The minimum absolute atomic E-state index is 0.486. The van der Waals surface area contributed by atoms with Crippen molar-refractivity contribution in [2.24, 2.45) is 5.14 Å². The Kier molecular flexibility index (Phi) is 4.94. The molecule has 0 bridgehead atoms. The standard InChI is InChI=1S/C18H25N5O2S2/c19-17-15-16(13-6-1-2-7-14(13)22-17)23(12-21-15)10-4-3-8-18(27(20,24)25)9-5-11-26-18/h5,11-12H,1-4,6-10H2,(H2,19,22)(H2,20,24,25). The summed E-state index contributed by atoms with van der Waals surface area (Å²) >= 11 is 1.33. The average Bonchev–Trinajstić information content (AvgIpc) is 3.27. The molecular weight excluding hydrogens is 382 g/mol. The van der Waals surface area contributed by atoms with Crippen LogP contribution in [-0.2, 0) is 29.4 Å². The Balaban J connectivity index is 1.49. The van der Waals surface area contributed by atoms with Gasteiger partial charge in [0.2, 0.25) is 10.0 Å². The molecule has 146 valence electrons. The Morgan fingerprint density at radius 3 is 2.81 bits per heavy atom. The number of unbranched alkanes of at least 4 members (excludes halogenated alkanes) is 1. The molecule has 7 nitrogen and oxygen atoms in total. The summed E-state index contributed by atoms with van der Waals surface area (Å²) in [5, 5.41) is 7.34. The lowest BCUT2D eigenvalue weighted by Gasteiger charge is -2.25. The maximum atomic E-state index is 12.0. The van der Waals surface area contributed by atoms with Gasteiger partial charge in [0.05, 0.1) is 11.8 Å². The van der Waals surface area contributed by atoms with Crippen molar-refractivity contribution in [3.8, 4) is 0 Å². The molecule has 1 aliphatic carbocycles. The lowest BCUT2D eigenvalue weighted by atomic mass is 9.95. The van der Waals surface area contributed by atoms with E-state index in [1.807, 2.05) is 17.8 Å². The van der Waals surface area contributed by atoms with Gasteiger partial charge >= 0.3 is 0 Å². The largest absolute Gasteiger partial charge is 0.382 e. The third kappa shape index (κ3) is 3.36. The number of aromatic nitrogens is 3. The van der Waals surface area contributed by atoms with Crippen molar-refractivity contribution < 1.29 is 8.42 Å². The Bertz CT molecular complexity index is 989. The molecule has 1 atom stereocenters. The highest BCUT2D eigenvalue weighted by molar-refractivity contribution is 8.15. The first-order valence-electron chi connectivity index (χ1n) is 9.38. The molecule has 1 aliphatic heterocycles. The number of nitrogens with two attached hydrogens (primary N) is 2. The van der Waals surface area contributed by atoms with E-state index in [1.165, 1.54) is 23.7 Å². The number of rotatable bonds is 6. The van der Waals surface area contributed by atoms with Gasteiger partial charge in [0.25, 0.3) is 0 Å². The Hall–Kier alpha value is -1.58. The zero-order valence-corrected chi connectivity index (χ0v) is 16.9. The second-order valence-corrected chi connectivity index (χ2v) is 10.8. The molecule has 0 saturated carbocycles. The van der Waals surface area contributed by atoms with E-state index in [0.29, 0.717) is 18.7 Å². The van der Waals surface area contributed by atoms with Gasteiger partial charge in [-0.3, -0.25) is 0 Å². The van der Waals surface area contributed by atoms with Crippen LogP contribution in [0.25, 0.3) is 11.0 Å². The van der Waals surface area contributed by atoms with Crippen LogP contribution in [0.3, 0.4) is 0 Å². The molecule has 9 heteroatoms. The molecule has 1 unspecified atom stereocenters. The van der Waals surface area contributed by atoms with E-state index >= 15 is 0 Å². The number of hydrogen-bond acceptors (Lipinski definition) is 6. The summed E-state index contributed by atoms with van der Waals surface area (Å²) in [4.78, 5) is 9.03. The van der Waals surface area contributed by atoms with Crippen molar-refractivity contribution in [1.29, 1.82) is 0 Å². The molecule has 4 rings (SSSR count). The number of thioether (sulfide) groups is 1. The number of aryl methyl sites for hydroxylation is 3. The van der Waals surface area contributed by atoms with Crippen LogP contribution < -0.4 is 10.9 Å². The monoisotopic (exact) mass is 407 g/mol. The molecular formula is C18H25N5O2S2. The highest BCUT2D eigenvalue weighted by atomic mass is 32.3. The summed E-state index contributed by atoms with van der Waals surface area (Å²) in [7, 11) is -3.59. The summed E-state index contributed by atoms with van der Waals surface area (Å²) in [6.07, 6.45) is 10.7. The van der Waals surface area contributed by atoms with Crippen LogP contribution in [0.4, 0.5) is 5.82 Å². The molecule has 0 spiro atoms. The summed E-state index contributed by atoms with van der Waals surface area (Å²) in [6, 6.07) is 0. The summed E-state index contributed by atoms with van der Waals surface area (Å²) < 4.78 is 25.3. The van der Waals surface area contributed by atoms with Gasteiger partial charge in [-0.2, -0.15) is 0 Å². The SMILES string of the molecule is Nc1nc2c(c3c1ncn3CCCCC1(S(N)(=O)=O)CC=CS1)CCCC2. The van der Waals surface area contributed by atoms with Crippen LogP contribution in [0, 0.1) is 0 Å². The molecule has 2 aromatic rings. The number of allylic oxidation sites excluding steroid dienone is 1. The molecule has 3 heterocycles. The first kappa shape index (κ1) is 18.8. The van der Waals surface area contributed by atoms with Gasteiger partial charge in [0, 0.05) is 12.2 Å². The van der Waals surface area contributed by atoms with Crippen LogP contribution in [-0.4, -0.2) is 27.0 Å². The van der Waals surface area contributed by atoms with Crippen LogP contribution in [0.2, 0.25) is 0 Å². The van der Waals surface area contributed by atoms with E-state index in [9.17, 15) is 8.42 Å². The summed E-state index contributed by atoms with van der Waals surface area (Å²) in [5.41, 5.74) is 10.4. The third-order valence-electron chi connectivity index (χ3n) is 5.59. The second-order valence-electron chi connectivity index (χ2n) is 7.37. The lowest BCUT2D eigenvalue weighted by molar-refractivity contribution is 0.533. The van der Waals surface area contributed by atoms with E-state index in [4.69, 9.17) is 10.9 Å².